The predicted octanol–water partition coefficient (Wildman–Crippen LogP) is 5.52. The van der Waals surface area contributed by atoms with Crippen LogP contribution in [-0.2, 0) is 0 Å². The number of hydrogen-bond acceptors (Lipinski definition) is 2. The average Bonchev–Trinajstić information content (AvgIpc) is 2.62. The minimum absolute atomic E-state index is 0.163. The van der Waals surface area contributed by atoms with Crippen LogP contribution in [0.2, 0.25) is 10.0 Å². The van der Waals surface area contributed by atoms with Gasteiger partial charge in [0.1, 0.15) is 0 Å². The summed E-state index contributed by atoms with van der Waals surface area (Å²) in [4.78, 5) is 29.8. The number of carbonyl (C=O) groups excluding carboxylic acids is 2. The molecule has 4 nitrogen and oxygen atoms in total. The van der Waals surface area contributed by atoms with E-state index in [2.05, 4.69) is 0 Å². The standard InChI is InChI=1S/C20H30Cl2N2O2/c1-5-9-23(10-6-2)19(25)15-13-17(21)18(22)14-16(15)20(26)24(11-7-3)12-8-4/h13-14H,5-12H2,1-4H3. The van der Waals surface area contributed by atoms with E-state index in [0.29, 0.717) is 37.3 Å². The molecule has 0 aliphatic rings. The minimum Gasteiger partial charge on any atom is -0.339 e. The van der Waals surface area contributed by atoms with Crippen LogP contribution in [0.4, 0.5) is 0 Å². The van der Waals surface area contributed by atoms with Crippen molar-refractivity contribution in [1.29, 1.82) is 0 Å². The number of rotatable bonds is 10. The fraction of sp³-hybridized carbons (Fsp3) is 0.600. The molecule has 6 heteroatoms. The van der Waals surface area contributed by atoms with E-state index in [4.69, 9.17) is 23.2 Å². The van der Waals surface area contributed by atoms with Gasteiger partial charge in [0.15, 0.2) is 0 Å². The molecule has 0 N–H and O–H groups in total. The van der Waals surface area contributed by atoms with Crippen molar-refractivity contribution >= 4 is 35.0 Å². The van der Waals surface area contributed by atoms with Gasteiger partial charge in [-0.3, -0.25) is 9.59 Å². The Morgan fingerprint density at radius 3 is 1.19 bits per heavy atom. The Labute approximate surface area is 167 Å². The Hall–Kier alpha value is -1.26. The molecule has 146 valence electrons. The summed E-state index contributed by atoms with van der Waals surface area (Å²) < 4.78 is 0. The van der Waals surface area contributed by atoms with Gasteiger partial charge in [0.25, 0.3) is 11.8 Å². The Kier molecular flexibility index (Phi) is 10.0. The molecule has 0 aliphatic carbocycles. The quantitative estimate of drug-likeness (QED) is 0.518. The Balaban J connectivity index is 3.36. The van der Waals surface area contributed by atoms with E-state index in [1.807, 2.05) is 27.7 Å². The largest absolute Gasteiger partial charge is 0.339 e. The first-order chi connectivity index (χ1) is 12.4. The predicted molar refractivity (Wildman–Crippen MR) is 109 cm³/mol. The average molecular weight is 401 g/mol. The Morgan fingerprint density at radius 1 is 0.692 bits per heavy atom. The number of nitrogens with zero attached hydrogens (tertiary/aromatic N) is 2. The summed E-state index contributed by atoms with van der Waals surface area (Å²) in [7, 11) is 0. The van der Waals surface area contributed by atoms with Crippen molar-refractivity contribution in [3.63, 3.8) is 0 Å². The highest BCUT2D eigenvalue weighted by Crippen LogP contribution is 2.28. The number of halogens is 2. The third-order valence-corrected chi connectivity index (χ3v) is 4.79. The molecule has 0 aromatic heterocycles. The molecule has 0 aliphatic heterocycles. The molecular formula is C20H30Cl2N2O2. The Bertz CT molecular complexity index is 555. The van der Waals surface area contributed by atoms with Crippen molar-refractivity contribution in [2.45, 2.75) is 53.4 Å². The maximum absolute atomic E-state index is 13.1. The first-order valence-corrected chi connectivity index (χ1v) is 10.2. The van der Waals surface area contributed by atoms with Gasteiger partial charge in [-0.2, -0.15) is 0 Å². The maximum atomic E-state index is 13.1. The maximum Gasteiger partial charge on any atom is 0.254 e. The molecule has 0 spiro atoms. The second kappa shape index (κ2) is 11.5. The van der Waals surface area contributed by atoms with Gasteiger partial charge >= 0.3 is 0 Å². The molecule has 0 unspecified atom stereocenters. The summed E-state index contributed by atoms with van der Waals surface area (Å²) in [5.41, 5.74) is 0.673. The summed E-state index contributed by atoms with van der Waals surface area (Å²) in [6, 6.07) is 3.07. The van der Waals surface area contributed by atoms with Crippen LogP contribution >= 0.6 is 23.2 Å². The Morgan fingerprint density at radius 2 is 0.962 bits per heavy atom. The van der Waals surface area contributed by atoms with Crippen molar-refractivity contribution in [3.05, 3.63) is 33.3 Å². The van der Waals surface area contributed by atoms with Gasteiger partial charge in [-0.1, -0.05) is 50.9 Å². The van der Waals surface area contributed by atoms with Crippen molar-refractivity contribution in [2.24, 2.45) is 0 Å². The first kappa shape index (κ1) is 22.8. The van der Waals surface area contributed by atoms with Gasteiger partial charge in [-0.25, -0.2) is 0 Å². The normalized spacial score (nSPS) is 10.7. The fourth-order valence-corrected chi connectivity index (χ4v) is 3.28. The van der Waals surface area contributed by atoms with Crippen LogP contribution in [-0.4, -0.2) is 47.8 Å². The molecule has 2 amide bonds. The molecule has 0 saturated heterocycles. The van der Waals surface area contributed by atoms with Gasteiger partial charge in [-0.05, 0) is 37.8 Å². The van der Waals surface area contributed by atoms with Crippen LogP contribution < -0.4 is 0 Å². The molecule has 1 aromatic carbocycles. The number of hydrogen-bond donors (Lipinski definition) is 0. The topological polar surface area (TPSA) is 40.6 Å². The summed E-state index contributed by atoms with van der Waals surface area (Å²) in [5, 5.41) is 0.578. The number of carbonyl (C=O) groups is 2. The SMILES string of the molecule is CCCN(CCC)C(=O)c1cc(Cl)c(Cl)cc1C(=O)N(CCC)CCC. The van der Waals surface area contributed by atoms with Gasteiger partial charge in [0, 0.05) is 26.2 Å². The molecule has 0 atom stereocenters. The van der Waals surface area contributed by atoms with Crippen molar-refractivity contribution in [2.75, 3.05) is 26.2 Å². The lowest BCUT2D eigenvalue weighted by Gasteiger charge is -2.26. The molecule has 0 heterocycles. The van der Waals surface area contributed by atoms with Crippen LogP contribution in [0.3, 0.4) is 0 Å². The van der Waals surface area contributed by atoms with Crippen LogP contribution in [0.5, 0.6) is 0 Å². The van der Waals surface area contributed by atoms with Gasteiger partial charge < -0.3 is 9.80 Å². The van der Waals surface area contributed by atoms with E-state index in [0.717, 1.165) is 25.7 Å². The van der Waals surface area contributed by atoms with Gasteiger partial charge in [0.2, 0.25) is 0 Å². The van der Waals surface area contributed by atoms with Gasteiger partial charge in [-0.15, -0.1) is 0 Å². The zero-order valence-corrected chi connectivity index (χ0v) is 17.8. The molecular weight excluding hydrogens is 371 g/mol. The lowest BCUT2D eigenvalue weighted by Crippen LogP contribution is -2.37. The van der Waals surface area contributed by atoms with E-state index in [1.165, 1.54) is 12.1 Å². The highest BCUT2D eigenvalue weighted by molar-refractivity contribution is 6.42. The van der Waals surface area contributed by atoms with Crippen molar-refractivity contribution < 1.29 is 9.59 Å². The monoisotopic (exact) mass is 400 g/mol. The first-order valence-electron chi connectivity index (χ1n) is 9.48. The van der Waals surface area contributed by atoms with Crippen molar-refractivity contribution in [3.8, 4) is 0 Å². The molecule has 0 bridgehead atoms. The van der Waals surface area contributed by atoms with Crippen LogP contribution in [0.25, 0.3) is 0 Å². The highest BCUT2D eigenvalue weighted by Gasteiger charge is 2.25. The molecule has 1 rings (SSSR count). The van der Waals surface area contributed by atoms with Crippen molar-refractivity contribution in [1.82, 2.24) is 9.80 Å². The molecule has 0 fully saturated rings. The smallest absolute Gasteiger partial charge is 0.254 e. The summed E-state index contributed by atoms with van der Waals surface area (Å²) in [6.45, 7) is 10.7. The minimum atomic E-state index is -0.163. The zero-order valence-electron chi connectivity index (χ0n) is 16.3. The summed E-state index contributed by atoms with van der Waals surface area (Å²) in [6.07, 6.45) is 3.42. The molecule has 0 saturated carbocycles. The third kappa shape index (κ3) is 5.88. The molecule has 1 aromatic rings. The van der Waals surface area contributed by atoms with Crippen LogP contribution in [0.15, 0.2) is 12.1 Å². The highest BCUT2D eigenvalue weighted by atomic mass is 35.5. The van der Waals surface area contributed by atoms with E-state index < -0.39 is 0 Å². The number of benzene rings is 1. The summed E-state index contributed by atoms with van der Waals surface area (Å²) >= 11 is 12.3. The fourth-order valence-electron chi connectivity index (χ4n) is 2.95. The third-order valence-electron chi connectivity index (χ3n) is 4.07. The van der Waals surface area contributed by atoms with E-state index in [-0.39, 0.29) is 21.9 Å². The second-order valence-electron chi connectivity index (χ2n) is 6.40. The lowest BCUT2D eigenvalue weighted by molar-refractivity contribution is 0.0716. The van der Waals surface area contributed by atoms with E-state index >= 15 is 0 Å². The molecule has 26 heavy (non-hydrogen) atoms. The zero-order chi connectivity index (χ0) is 19.7. The second-order valence-corrected chi connectivity index (χ2v) is 7.21. The lowest BCUT2D eigenvalue weighted by atomic mass is 10.0. The summed E-state index contributed by atoms with van der Waals surface area (Å²) in [5.74, 6) is -0.327. The van der Waals surface area contributed by atoms with Crippen LogP contribution in [0, 0.1) is 0 Å². The number of amides is 2. The van der Waals surface area contributed by atoms with E-state index in [9.17, 15) is 9.59 Å². The van der Waals surface area contributed by atoms with Crippen LogP contribution in [0.1, 0.15) is 74.1 Å². The van der Waals surface area contributed by atoms with E-state index in [1.54, 1.807) is 9.80 Å². The molecule has 0 radical (unpaired) electrons. The van der Waals surface area contributed by atoms with Gasteiger partial charge in [0.05, 0.1) is 21.2 Å².